The Hall–Kier alpha value is -0.0800. The summed E-state index contributed by atoms with van der Waals surface area (Å²) in [5.41, 5.74) is 11.1. The molecule has 0 aliphatic heterocycles. The van der Waals surface area contributed by atoms with Gasteiger partial charge in [0.1, 0.15) is 0 Å². The quantitative estimate of drug-likeness (QED) is 0.444. The standard InChI is InChI=1S/C5H12N2/c1-4(6)3-5(4,2)7/h3,6-7H2,1-2H3. The number of hydrogen-bond acceptors (Lipinski definition) is 2. The average Bonchev–Trinajstić information content (AvgIpc) is 1.63. The Balaban J connectivity index is 2.59. The highest BCUT2D eigenvalue weighted by Crippen LogP contribution is 2.41. The van der Waals surface area contributed by atoms with Crippen molar-refractivity contribution in [1.82, 2.24) is 0 Å². The van der Waals surface area contributed by atoms with Gasteiger partial charge in [-0.05, 0) is 20.3 Å². The van der Waals surface area contributed by atoms with E-state index in [0.717, 1.165) is 6.42 Å². The summed E-state index contributed by atoms with van der Waals surface area (Å²) in [5.74, 6) is 0. The Morgan fingerprint density at radius 3 is 1.29 bits per heavy atom. The van der Waals surface area contributed by atoms with Crippen LogP contribution in [0, 0.1) is 0 Å². The molecule has 1 rings (SSSR count). The SMILES string of the molecule is CC1(N)CC1(C)N. The van der Waals surface area contributed by atoms with Gasteiger partial charge in [-0.1, -0.05) is 0 Å². The van der Waals surface area contributed by atoms with Crippen molar-refractivity contribution in [3.8, 4) is 0 Å². The van der Waals surface area contributed by atoms with E-state index in [1.54, 1.807) is 0 Å². The van der Waals surface area contributed by atoms with Crippen LogP contribution in [-0.2, 0) is 0 Å². The average molecular weight is 100 g/mol. The van der Waals surface area contributed by atoms with Crippen molar-refractivity contribution in [1.29, 1.82) is 0 Å². The maximum atomic E-state index is 5.62. The predicted octanol–water partition coefficient (Wildman–Crippen LogP) is -0.175. The first kappa shape index (κ1) is 5.06. The summed E-state index contributed by atoms with van der Waals surface area (Å²) in [6.45, 7) is 3.96. The van der Waals surface area contributed by atoms with Crippen molar-refractivity contribution in [2.24, 2.45) is 11.5 Å². The maximum Gasteiger partial charge on any atom is 0.0324 e. The van der Waals surface area contributed by atoms with Crippen LogP contribution in [0.5, 0.6) is 0 Å². The van der Waals surface area contributed by atoms with E-state index >= 15 is 0 Å². The van der Waals surface area contributed by atoms with Crippen LogP contribution in [0.15, 0.2) is 0 Å². The Morgan fingerprint density at radius 1 is 1.14 bits per heavy atom. The van der Waals surface area contributed by atoms with E-state index in [1.807, 2.05) is 13.8 Å². The first-order valence-corrected chi connectivity index (χ1v) is 2.53. The highest BCUT2D eigenvalue weighted by molar-refractivity contribution is 5.19. The topological polar surface area (TPSA) is 52.0 Å². The molecule has 1 aliphatic rings. The Kier molecular flexibility index (Phi) is 0.621. The fourth-order valence-electron chi connectivity index (χ4n) is 0.719. The van der Waals surface area contributed by atoms with E-state index in [2.05, 4.69) is 0 Å². The minimum absolute atomic E-state index is 0.0764. The molecule has 1 aliphatic carbocycles. The summed E-state index contributed by atoms with van der Waals surface area (Å²) in [5, 5.41) is 0. The zero-order chi connectivity index (χ0) is 5.71. The van der Waals surface area contributed by atoms with Crippen LogP contribution in [-0.4, -0.2) is 11.1 Å². The van der Waals surface area contributed by atoms with Gasteiger partial charge in [0.05, 0.1) is 0 Å². The number of rotatable bonds is 0. The lowest BCUT2D eigenvalue weighted by atomic mass is 10.2. The second-order valence-electron chi connectivity index (χ2n) is 3.01. The van der Waals surface area contributed by atoms with Gasteiger partial charge >= 0.3 is 0 Å². The van der Waals surface area contributed by atoms with Crippen LogP contribution in [0.1, 0.15) is 20.3 Å². The molecule has 0 aromatic rings. The first-order chi connectivity index (χ1) is 2.96. The molecule has 7 heavy (non-hydrogen) atoms. The van der Waals surface area contributed by atoms with Crippen LogP contribution >= 0.6 is 0 Å². The van der Waals surface area contributed by atoms with Crippen molar-refractivity contribution in [2.75, 3.05) is 0 Å². The van der Waals surface area contributed by atoms with Gasteiger partial charge in [0.2, 0.25) is 0 Å². The van der Waals surface area contributed by atoms with E-state index in [1.165, 1.54) is 0 Å². The van der Waals surface area contributed by atoms with Crippen LogP contribution in [0.25, 0.3) is 0 Å². The summed E-state index contributed by atoms with van der Waals surface area (Å²) >= 11 is 0. The molecule has 1 fully saturated rings. The molecule has 2 unspecified atom stereocenters. The van der Waals surface area contributed by atoms with Gasteiger partial charge in [-0.25, -0.2) is 0 Å². The van der Waals surface area contributed by atoms with Crippen molar-refractivity contribution < 1.29 is 0 Å². The van der Waals surface area contributed by atoms with E-state index < -0.39 is 0 Å². The largest absolute Gasteiger partial charge is 0.324 e. The summed E-state index contributed by atoms with van der Waals surface area (Å²) in [6.07, 6.45) is 0.958. The van der Waals surface area contributed by atoms with E-state index in [0.29, 0.717) is 0 Å². The number of nitrogens with two attached hydrogens (primary N) is 2. The van der Waals surface area contributed by atoms with Gasteiger partial charge in [-0.2, -0.15) is 0 Å². The third kappa shape index (κ3) is 0.545. The second-order valence-corrected chi connectivity index (χ2v) is 3.01. The summed E-state index contributed by atoms with van der Waals surface area (Å²) in [7, 11) is 0. The lowest BCUT2D eigenvalue weighted by molar-refractivity contribution is 0.603. The van der Waals surface area contributed by atoms with Gasteiger partial charge in [0, 0.05) is 11.1 Å². The van der Waals surface area contributed by atoms with Crippen molar-refractivity contribution >= 4 is 0 Å². The van der Waals surface area contributed by atoms with Gasteiger partial charge < -0.3 is 11.5 Å². The molecule has 2 atom stereocenters. The van der Waals surface area contributed by atoms with E-state index in [4.69, 9.17) is 11.5 Å². The molecule has 0 heterocycles. The molecule has 0 spiro atoms. The lowest BCUT2D eigenvalue weighted by Crippen LogP contribution is -2.35. The molecule has 1 saturated carbocycles. The van der Waals surface area contributed by atoms with Crippen LogP contribution in [0.3, 0.4) is 0 Å². The Labute approximate surface area is 43.9 Å². The smallest absolute Gasteiger partial charge is 0.0324 e. The van der Waals surface area contributed by atoms with E-state index in [-0.39, 0.29) is 11.1 Å². The van der Waals surface area contributed by atoms with Crippen LogP contribution in [0.4, 0.5) is 0 Å². The Morgan fingerprint density at radius 2 is 1.29 bits per heavy atom. The second kappa shape index (κ2) is 0.858. The molecular weight excluding hydrogens is 88.1 g/mol. The molecule has 0 aromatic carbocycles. The minimum Gasteiger partial charge on any atom is -0.324 e. The molecule has 0 amide bonds. The van der Waals surface area contributed by atoms with Crippen LogP contribution in [0.2, 0.25) is 0 Å². The predicted molar refractivity (Wildman–Crippen MR) is 29.8 cm³/mol. The van der Waals surface area contributed by atoms with Crippen molar-refractivity contribution in [3.05, 3.63) is 0 Å². The van der Waals surface area contributed by atoms with E-state index in [9.17, 15) is 0 Å². The monoisotopic (exact) mass is 100 g/mol. The fraction of sp³-hybridized carbons (Fsp3) is 1.00. The number of hydrogen-bond donors (Lipinski definition) is 2. The van der Waals surface area contributed by atoms with Gasteiger partial charge in [0.25, 0.3) is 0 Å². The zero-order valence-electron chi connectivity index (χ0n) is 4.86. The molecule has 2 heteroatoms. The van der Waals surface area contributed by atoms with Gasteiger partial charge in [-0.3, -0.25) is 0 Å². The summed E-state index contributed by atoms with van der Waals surface area (Å²) < 4.78 is 0. The molecular formula is C5H12N2. The van der Waals surface area contributed by atoms with Crippen molar-refractivity contribution in [2.45, 2.75) is 31.3 Å². The molecule has 2 nitrogen and oxygen atoms in total. The normalized spacial score (nSPS) is 60.0. The van der Waals surface area contributed by atoms with Crippen molar-refractivity contribution in [3.63, 3.8) is 0 Å². The molecule has 0 aromatic heterocycles. The van der Waals surface area contributed by atoms with Crippen LogP contribution < -0.4 is 11.5 Å². The van der Waals surface area contributed by atoms with Gasteiger partial charge in [-0.15, -0.1) is 0 Å². The third-order valence-corrected chi connectivity index (χ3v) is 1.91. The summed E-state index contributed by atoms with van der Waals surface area (Å²) in [4.78, 5) is 0. The molecule has 0 saturated heterocycles. The third-order valence-electron chi connectivity index (χ3n) is 1.91. The molecule has 42 valence electrons. The molecule has 0 radical (unpaired) electrons. The molecule has 4 N–H and O–H groups in total. The highest BCUT2D eigenvalue weighted by Gasteiger charge is 2.55. The first-order valence-electron chi connectivity index (χ1n) is 2.53. The maximum absolute atomic E-state index is 5.62. The van der Waals surface area contributed by atoms with Gasteiger partial charge in [0.15, 0.2) is 0 Å². The summed E-state index contributed by atoms with van der Waals surface area (Å²) in [6, 6.07) is 0. The zero-order valence-corrected chi connectivity index (χ0v) is 4.86. The Bertz CT molecular complexity index is 82.3. The fourth-order valence-corrected chi connectivity index (χ4v) is 0.719. The highest BCUT2D eigenvalue weighted by atomic mass is 15.0. The lowest BCUT2D eigenvalue weighted by Gasteiger charge is -2.05. The molecule has 0 bridgehead atoms. The minimum atomic E-state index is -0.0764.